The molecular weight excluding hydrogens is 360 g/mol. The Kier molecular flexibility index (Phi) is 7.18. The van der Waals surface area contributed by atoms with Gasteiger partial charge in [0.15, 0.2) is 6.61 Å². The maximum Gasteiger partial charge on any atom is 0.258 e. The van der Waals surface area contributed by atoms with Crippen LogP contribution in [-0.2, 0) is 4.79 Å². The van der Waals surface area contributed by atoms with E-state index in [1.165, 1.54) is 24.1 Å². The maximum atomic E-state index is 12.3. The maximum absolute atomic E-state index is 12.3. The molecule has 0 radical (unpaired) electrons. The summed E-state index contributed by atoms with van der Waals surface area (Å²) in [6, 6.07) is 16.5. The Labute approximate surface area is 175 Å². The van der Waals surface area contributed by atoms with Crippen molar-refractivity contribution in [1.82, 2.24) is 5.32 Å². The first-order chi connectivity index (χ1) is 13.9. The molecule has 0 bridgehead atoms. The van der Waals surface area contributed by atoms with E-state index in [1.54, 1.807) is 0 Å². The minimum atomic E-state index is -0.112. The lowest BCUT2D eigenvalue weighted by atomic mass is 9.99. The molecule has 2 aromatic rings. The first-order valence-electron chi connectivity index (χ1n) is 10.8. The number of benzene rings is 2. The van der Waals surface area contributed by atoms with Crippen LogP contribution in [0.1, 0.15) is 63.6 Å². The molecule has 0 unspecified atom stereocenters. The summed E-state index contributed by atoms with van der Waals surface area (Å²) in [6.07, 6.45) is 2.58. The van der Waals surface area contributed by atoms with Crippen molar-refractivity contribution in [3.05, 3.63) is 59.7 Å². The molecule has 4 nitrogen and oxygen atoms in total. The largest absolute Gasteiger partial charge is 0.484 e. The third kappa shape index (κ3) is 5.99. The number of anilines is 1. The van der Waals surface area contributed by atoms with Crippen LogP contribution in [-0.4, -0.2) is 25.6 Å². The third-order valence-electron chi connectivity index (χ3n) is 5.71. The molecular formula is C25H34N2O2. The van der Waals surface area contributed by atoms with Gasteiger partial charge in [0.05, 0.1) is 6.04 Å². The fourth-order valence-corrected chi connectivity index (χ4v) is 3.86. The van der Waals surface area contributed by atoms with Gasteiger partial charge >= 0.3 is 0 Å². The van der Waals surface area contributed by atoms with E-state index in [4.69, 9.17) is 4.74 Å². The second-order valence-corrected chi connectivity index (χ2v) is 8.59. The zero-order valence-electron chi connectivity index (χ0n) is 18.2. The Morgan fingerprint density at radius 1 is 1.07 bits per heavy atom. The predicted molar refractivity (Wildman–Crippen MR) is 120 cm³/mol. The van der Waals surface area contributed by atoms with Gasteiger partial charge in [0.2, 0.25) is 0 Å². The van der Waals surface area contributed by atoms with Crippen LogP contribution in [0.3, 0.4) is 0 Å². The van der Waals surface area contributed by atoms with Crippen molar-refractivity contribution in [1.29, 1.82) is 0 Å². The van der Waals surface area contributed by atoms with Gasteiger partial charge in [-0.15, -0.1) is 0 Å². The summed E-state index contributed by atoms with van der Waals surface area (Å²) in [5.74, 6) is 1.85. The minimum Gasteiger partial charge on any atom is -0.484 e. The molecule has 2 atom stereocenters. The molecule has 0 saturated carbocycles. The lowest BCUT2D eigenvalue weighted by Gasteiger charge is -2.33. The monoisotopic (exact) mass is 394 g/mol. The van der Waals surface area contributed by atoms with E-state index in [2.05, 4.69) is 55.3 Å². The first kappa shape index (κ1) is 21.2. The van der Waals surface area contributed by atoms with Crippen LogP contribution in [0.2, 0.25) is 0 Å². The van der Waals surface area contributed by atoms with E-state index in [0.717, 1.165) is 30.3 Å². The standard InChI is InChI=1S/C25H34N2O2/c1-18(2)21-9-13-24(14-10-21)29-17-25(28)26-20(4)22-7-11-23(12-8-22)27-15-5-6-19(3)16-27/h7-14,18-20H,5-6,15-17H2,1-4H3,(H,26,28)/t19-,20-/m0/s1. The highest BCUT2D eigenvalue weighted by Gasteiger charge is 2.17. The molecule has 1 saturated heterocycles. The molecule has 1 amide bonds. The molecule has 1 aliphatic rings. The zero-order valence-corrected chi connectivity index (χ0v) is 18.2. The molecule has 1 N–H and O–H groups in total. The molecule has 29 heavy (non-hydrogen) atoms. The number of amides is 1. The van der Waals surface area contributed by atoms with Crippen molar-refractivity contribution >= 4 is 11.6 Å². The second kappa shape index (κ2) is 9.82. The summed E-state index contributed by atoms with van der Waals surface area (Å²) >= 11 is 0. The van der Waals surface area contributed by atoms with Gasteiger partial charge < -0.3 is 15.0 Å². The number of carbonyl (C=O) groups excluding carboxylic acids is 1. The van der Waals surface area contributed by atoms with Crippen molar-refractivity contribution in [2.75, 3.05) is 24.6 Å². The normalized spacial score (nSPS) is 17.8. The molecule has 0 aliphatic carbocycles. The van der Waals surface area contributed by atoms with E-state index in [-0.39, 0.29) is 18.6 Å². The lowest BCUT2D eigenvalue weighted by molar-refractivity contribution is -0.123. The molecule has 0 spiro atoms. The van der Waals surface area contributed by atoms with Crippen LogP contribution in [0.15, 0.2) is 48.5 Å². The number of hydrogen-bond donors (Lipinski definition) is 1. The molecule has 3 rings (SSSR count). The molecule has 156 valence electrons. The summed E-state index contributed by atoms with van der Waals surface area (Å²) < 4.78 is 5.63. The van der Waals surface area contributed by atoms with Crippen molar-refractivity contribution in [2.45, 2.75) is 52.5 Å². The van der Waals surface area contributed by atoms with E-state index < -0.39 is 0 Å². The Hall–Kier alpha value is -2.49. The predicted octanol–water partition coefficient (Wildman–Crippen LogP) is 5.30. The molecule has 1 fully saturated rings. The molecule has 1 aliphatic heterocycles. The Balaban J connectivity index is 1.48. The van der Waals surface area contributed by atoms with Gasteiger partial charge in [0.1, 0.15) is 5.75 Å². The van der Waals surface area contributed by atoms with Crippen LogP contribution in [0.25, 0.3) is 0 Å². The Morgan fingerprint density at radius 3 is 2.34 bits per heavy atom. The van der Waals surface area contributed by atoms with Gasteiger partial charge in [-0.05, 0) is 67.0 Å². The Bertz CT molecular complexity index is 783. The van der Waals surface area contributed by atoms with Crippen LogP contribution in [0.5, 0.6) is 5.75 Å². The zero-order chi connectivity index (χ0) is 20.8. The van der Waals surface area contributed by atoms with Crippen LogP contribution in [0, 0.1) is 5.92 Å². The highest BCUT2D eigenvalue weighted by Crippen LogP contribution is 2.24. The molecule has 2 aromatic carbocycles. The summed E-state index contributed by atoms with van der Waals surface area (Å²) in [6.45, 7) is 10.9. The number of hydrogen-bond acceptors (Lipinski definition) is 3. The number of nitrogens with one attached hydrogen (secondary N) is 1. The number of nitrogens with zero attached hydrogens (tertiary/aromatic N) is 1. The molecule has 0 aromatic heterocycles. The first-order valence-corrected chi connectivity index (χ1v) is 10.8. The second-order valence-electron chi connectivity index (χ2n) is 8.59. The fraction of sp³-hybridized carbons (Fsp3) is 0.480. The van der Waals surface area contributed by atoms with Gasteiger partial charge in [-0.2, -0.15) is 0 Å². The summed E-state index contributed by atoms with van der Waals surface area (Å²) in [5.41, 5.74) is 3.64. The van der Waals surface area contributed by atoms with Crippen LogP contribution in [0.4, 0.5) is 5.69 Å². The van der Waals surface area contributed by atoms with Gasteiger partial charge in [-0.25, -0.2) is 0 Å². The van der Waals surface area contributed by atoms with Gasteiger partial charge in [-0.3, -0.25) is 4.79 Å². The van der Waals surface area contributed by atoms with E-state index in [9.17, 15) is 4.79 Å². The van der Waals surface area contributed by atoms with Crippen LogP contribution < -0.4 is 15.0 Å². The number of carbonyl (C=O) groups is 1. The lowest BCUT2D eigenvalue weighted by Crippen LogP contribution is -2.34. The SMILES string of the molecule is CC(C)c1ccc(OCC(=O)N[C@@H](C)c2ccc(N3CCC[C@H](C)C3)cc2)cc1. The molecule has 1 heterocycles. The van der Waals surface area contributed by atoms with Gasteiger partial charge in [0, 0.05) is 18.8 Å². The Morgan fingerprint density at radius 2 is 1.72 bits per heavy atom. The molecule has 4 heteroatoms. The smallest absolute Gasteiger partial charge is 0.258 e. The van der Waals surface area contributed by atoms with E-state index in [0.29, 0.717) is 5.92 Å². The number of piperidine rings is 1. The average molecular weight is 395 g/mol. The quantitative estimate of drug-likeness (QED) is 0.693. The average Bonchev–Trinajstić information content (AvgIpc) is 2.72. The van der Waals surface area contributed by atoms with Crippen molar-refractivity contribution in [3.63, 3.8) is 0 Å². The topological polar surface area (TPSA) is 41.6 Å². The van der Waals surface area contributed by atoms with Gasteiger partial charge in [-0.1, -0.05) is 45.0 Å². The third-order valence-corrected chi connectivity index (χ3v) is 5.71. The van der Waals surface area contributed by atoms with Crippen molar-refractivity contribution < 1.29 is 9.53 Å². The number of ether oxygens (including phenoxy) is 1. The summed E-state index contributed by atoms with van der Waals surface area (Å²) in [7, 11) is 0. The fourth-order valence-electron chi connectivity index (χ4n) is 3.86. The van der Waals surface area contributed by atoms with Crippen LogP contribution >= 0.6 is 0 Å². The minimum absolute atomic E-state index is 0.0229. The number of rotatable bonds is 7. The van der Waals surface area contributed by atoms with Gasteiger partial charge in [0.25, 0.3) is 5.91 Å². The van der Waals surface area contributed by atoms with E-state index in [1.807, 2.05) is 31.2 Å². The summed E-state index contributed by atoms with van der Waals surface area (Å²) in [5, 5.41) is 3.02. The van der Waals surface area contributed by atoms with Crippen molar-refractivity contribution in [3.8, 4) is 5.75 Å². The van der Waals surface area contributed by atoms with E-state index >= 15 is 0 Å². The highest BCUT2D eigenvalue weighted by molar-refractivity contribution is 5.78. The van der Waals surface area contributed by atoms with Crippen molar-refractivity contribution in [2.24, 2.45) is 5.92 Å². The summed E-state index contributed by atoms with van der Waals surface area (Å²) in [4.78, 5) is 14.7. The highest BCUT2D eigenvalue weighted by atomic mass is 16.5.